The lowest BCUT2D eigenvalue weighted by atomic mass is 10.3. The van der Waals surface area contributed by atoms with Gasteiger partial charge in [0.25, 0.3) is 0 Å². The lowest BCUT2D eigenvalue weighted by molar-refractivity contribution is 0.596. The molecule has 0 amide bonds. The molecule has 0 saturated carbocycles. The second-order valence-corrected chi connectivity index (χ2v) is 5.50. The molecule has 2 aromatic rings. The number of benzene rings is 1. The van der Waals surface area contributed by atoms with Gasteiger partial charge in [-0.25, -0.2) is 9.37 Å². The van der Waals surface area contributed by atoms with Crippen LogP contribution in [0.2, 0.25) is 0 Å². The second kappa shape index (κ2) is 4.71. The molecular weight excluding hydrogens is 247 g/mol. The predicted octanol–water partition coefficient (Wildman–Crippen LogP) is 2.17. The quantitative estimate of drug-likeness (QED) is 0.856. The standard InChI is InChI=1S/C10H9FN2OS2/c11-8-5-7(12)1-2-9(8)16(14)6-10-13-3-4-15-10/h1-5H,6,12H2. The van der Waals surface area contributed by atoms with E-state index >= 15 is 0 Å². The Morgan fingerprint density at radius 2 is 2.31 bits per heavy atom. The van der Waals surface area contributed by atoms with Gasteiger partial charge in [0.05, 0.1) is 21.4 Å². The molecule has 6 heteroatoms. The molecule has 1 unspecified atom stereocenters. The average molecular weight is 256 g/mol. The maximum Gasteiger partial charge on any atom is 0.141 e. The van der Waals surface area contributed by atoms with Gasteiger partial charge in [-0.3, -0.25) is 4.21 Å². The van der Waals surface area contributed by atoms with Crippen molar-refractivity contribution < 1.29 is 8.60 Å². The van der Waals surface area contributed by atoms with Crippen molar-refractivity contribution in [2.45, 2.75) is 10.6 Å². The Labute approximate surface area is 98.6 Å². The maximum atomic E-state index is 13.4. The van der Waals surface area contributed by atoms with E-state index in [-0.39, 0.29) is 10.6 Å². The molecular formula is C10H9FN2OS2. The number of halogens is 1. The van der Waals surface area contributed by atoms with Crippen LogP contribution in [-0.4, -0.2) is 9.19 Å². The highest BCUT2D eigenvalue weighted by Crippen LogP contribution is 2.19. The number of thiazole rings is 1. The first-order valence-corrected chi connectivity index (χ1v) is 6.68. The van der Waals surface area contributed by atoms with Crippen molar-refractivity contribution in [2.75, 3.05) is 5.73 Å². The summed E-state index contributed by atoms with van der Waals surface area (Å²) in [5.74, 6) is -0.298. The van der Waals surface area contributed by atoms with Gasteiger partial charge in [0.1, 0.15) is 10.8 Å². The van der Waals surface area contributed by atoms with E-state index in [0.717, 1.165) is 5.01 Å². The van der Waals surface area contributed by atoms with Crippen molar-refractivity contribution in [1.29, 1.82) is 0 Å². The minimum atomic E-state index is -1.42. The van der Waals surface area contributed by atoms with Crippen molar-refractivity contribution in [2.24, 2.45) is 0 Å². The summed E-state index contributed by atoms with van der Waals surface area (Å²) in [6.45, 7) is 0. The lowest BCUT2D eigenvalue weighted by Gasteiger charge is -2.02. The van der Waals surface area contributed by atoms with Crippen LogP contribution in [0.1, 0.15) is 5.01 Å². The number of nitrogens with zero attached hydrogens (tertiary/aromatic N) is 1. The third-order valence-corrected chi connectivity index (χ3v) is 4.26. The zero-order chi connectivity index (χ0) is 11.5. The number of anilines is 1. The fourth-order valence-electron chi connectivity index (χ4n) is 1.22. The molecule has 2 N–H and O–H groups in total. The van der Waals surface area contributed by atoms with Crippen molar-refractivity contribution >= 4 is 27.8 Å². The van der Waals surface area contributed by atoms with Crippen LogP contribution >= 0.6 is 11.3 Å². The summed E-state index contributed by atoms with van der Waals surface area (Å²) in [6, 6.07) is 4.17. The van der Waals surface area contributed by atoms with E-state index in [1.165, 1.54) is 29.5 Å². The van der Waals surface area contributed by atoms with Crippen LogP contribution in [0.4, 0.5) is 10.1 Å². The first-order valence-electron chi connectivity index (χ1n) is 4.48. The molecule has 0 saturated heterocycles. The number of hydrogen-bond donors (Lipinski definition) is 1. The van der Waals surface area contributed by atoms with Gasteiger partial charge in [0.2, 0.25) is 0 Å². The summed E-state index contributed by atoms with van der Waals surface area (Å²) in [7, 11) is -1.42. The largest absolute Gasteiger partial charge is 0.399 e. The van der Waals surface area contributed by atoms with Gasteiger partial charge in [-0.05, 0) is 18.2 Å². The molecule has 16 heavy (non-hydrogen) atoms. The van der Waals surface area contributed by atoms with Gasteiger partial charge >= 0.3 is 0 Å². The van der Waals surface area contributed by atoms with Gasteiger partial charge in [-0.1, -0.05) is 0 Å². The van der Waals surface area contributed by atoms with Crippen LogP contribution in [0.15, 0.2) is 34.7 Å². The zero-order valence-corrected chi connectivity index (χ0v) is 9.85. The fraction of sp³-hybridized carbons (Fsp3) is 0.100. The molecule has 1 heterocycles. The number of nitrogens with two attached hydrogens (primary N) is 1. The van der Waals surface area contributed by atoms with E-state index < -0.39 is 16.6 Å². The number of hydrogen-bond acceptors (Lipinski definition) is 4. The lowest BCUT2D eigenvalue weighted by Crippen LogP contribution is -2.00. The molecule has 1 aromatic carbocycles. The van der Waals surface area contributed by atoms with E-state index in [9.17, 15) is 8.60 Å². The first-order chi connectivity index (χ1) is 7.66. The second-order valence-electron chi connectivity index (χ2n) is 3.11. The third-order valence-electron chi connectivity index (χ3n) is 1.94. The summed E-state index contributed by atoms with van der Waals surface area (Å²) < 4.78 is 25.3. The topological polar surface area (TPSA) is 56.0 Å². The highest BCUT2D eigenvalue weighted by molar-refractivity contribution is 7.84. The van der Waals surface area contributed by atoms with E-state index in [2.05, 4.69) is 4.98 Å². The van der Waals surface area contributed by atoms with Crippen LogP contribution in [0.5, 0.6) is 0 Å². The number of nitrogen functional groups attached to an aromatic ring is 1. The Bertz CT molecular complexity index is 514. The Hall–Kier alpha value is -1.27. The molecule has 0 aliphatic carbocycles. The van der Waals surface area contributed by atoms with Gasteiger partial charge < -0.3 is 5.73 Å². The van der Waals surface area contributed by atoms with E-state index in [0.29, 0.717) is 5.69 Å². The summed E-state index contributed by atoms with van der Waals surface area (Å²) in [5.41, 5.74) is 5.74. The summed E-state index contributed by atoms with van der Waals surface area (Å²) in [4.78, 5) is 4.18. The van der Waals surface area contributed by atoms with E-state index in [4.69, 9.17) is 5.73 Å². The minimum absolute atomic E-state index is 0.171. The van der Waals surface area contributed by atoms with Crippen molar-refractivity contribution in [3.8, 4) is 0 Å². The summed E-state index contributed by atoms with van der Waals surface area (Å²) in [6.07, 6.45) is 1.64. The Balaban J connectivity index is 2.21. The van der Waals surface area contributed by atoms with Crippen LogP contribution in [0.25, 0.3) is 0 Å². The molecule has 0 aliphatic heterocycles. The first kappa shape index (κ1) is 11.2. The maximum absolute atomic E-state index is 13.4. The monoisotopic (exact) mass is 256 g/mol. The van der Waals surface area contributed by atoms with E-state index in [1.54, 1.807) is 11.6 Å². The van der Waals surface area contributed by atoms with Crippen molar-refractivity contribution in [3.05, 3.63) is 40.6 Å². The zero-order valence-electron chi connectivity index (χ0n) is 8.22. The Morgan fingerprint density at radius 1 is 1.50 bits per heavy atom. The van der Waals surface area contributed by atoms with Gasteiger partial charge in [0.15, 0.2) is 0 Å². The van der Waals surface area contributed by atoms with Crippen LogP contribution < -0.4 is 5.73 Å². The molecule has 2 rings (SSSR count). The molecule has 0 spiro atoms. The van der Waals surface area contributed by atoms with Crippen LogP contribution in [-0.2, 0) is 16.6 Å². The molecule has 1 atom stereocenters. The predicted molar refractivity (Wildman–Crippen MR) is 63.0 cm³/mol. The summed E-state index contributed by atoms with van der Waals surface area (Å²) >= 11 is 1.40. The molecule has 84 valence electrons. The van der Waals surface area contributed by atoms with Gasteiger partial charge in [-0.2, -0.15) is 0 Å². The SMILES string of the molecule is Nc1ccc(S(=O)Cc2nccs2)c(F)c1. The number of rotatable bonds is 3. The highest BCUT2D eigenvalue weighted by Gasteiger charge is 2.12. The Morgan fingerprint density at radius 3 is 2.94 bits per heavy atom. The Kier molecular flexibility index (Phi) is 3.31. The van der Waals surface area contributed by atoms with Gasteiger partial charge in [-0.15, -0.1) is 11.3 Å². The number of aromatic nitrogens is 1. The highest BCUT2D eigenvalue weighted by atomic mass is 32.2. The van der Waals surface area contributed by atoms with Crippen molar-refractivity contribution in [3.63, 3.8) is 0 Å². The molecule has 1 aromatic heterocycles. The minimum Gasteiger partial charge on any atom is -0.399 e. The average Bonchev–Trinajstić information content (AvgIpc) is 2.70. The third kappa shape index (κ3) is 2.45. The smallest absolute Gasteiger partial charge is 0.141 e. The summed E-state index contributed by atoms with van der Waals surface area (Å²) in [5, 5.41) is 2.53. The fourth-order valence-corrected chi connectivity index (χ4v) is 3.16. The molecule has 0 fully saturated rings. The van der Waals surface area contributed by atoms with Crippen LogP contribution in [0, 0.1) is 5.82 Å². The van der Waals surface area contributed by atoms with Gasteiger partial charge in [0, 0.05) is 17.3 Å². The van der Waals surface area contributed by atoms with Crippen molar-refractivity contribution in [1.82, 2.24) is 4.98 Å². The molecule has 3 nitrogen and oxygen atoms in total. The normalized spacial score (nSPS) is 12.6. The van der Waals surface area contributed by atoms with E-state index in [1.807, 2.05) is 0 Å². The molecule has 0 radical (unpaired) electrons. The molecule has 0 aliphatic rings. The van der Waals surface area contributed by atoms with Crippen LogP contribution in [0.3, 0.4) is 0 Å². The molecule has 0 bridgehead atoms.